The lowest BCUT2D eigenvalue weighted by Gasteiger charge is -2.26. The van der Waals surface area contributed by atoms with Gasteiger partial charge in [-0.1, -0.05) is 48.0 Å². The number of rotatable bonds is 2. The molecule has 3 heteroatoms. The van der Waals surface area contributed by atoms with Crippen molar-refractivity contribution in [2.45, 2.75) is 38.0 Å². The second-order valence-corrected chi connectivity index (χ2v) is 7.21. The highest BCUT2D eigenvalue weighted by atomic mass is 79.9. The van der Waals surface area contributed by atoms with Crippen LogP contribution in [0.25, 0.3) is 0 Å². The van der Waals surface area contributed by atoms with E-state index in [1.165, 1.54) is 49.0 Å². The van der Waals surface area contributed by atoms with E-state index in [1.54, 1.807) is 5.71 Å². The second kappa shape index (κ2) is 7.84. The summed E-state index contributed by atoms with van der Waals surface area (Å²) in [4.78, 5) is 0. The molecule has 24 heavy (non-hydrogen) atoms. The van der Waals surface area contributed by atoms with Crippen molar-refractivity contribution in [3.8, 4) is 0 Å². The molecular formula is C21H23BrClN. The molecule has 4 rings (SSSR count). The first-order valence-corrected chi connectivity index (χ1v) is 9.12. The number of nitrogens with zero attached hydrogens (tertiary/aromatic N) is 1. The molecule has 1 aliphatic carbocycles. The first-order valence-electron chi connectivity index (χ1n) is 8.74. The molecule has 0 radical (unpaired) electrons. The van der Waals surface area contributed by atoms with Crippen LogP contribution in [0.3, 0.4) is 0 Å². The fraction of sp³-hybridized carbons (Fsp3) is 0.381. The predicted molar refractivity (Wildman–Crippen MR) is 96.9 cm³/mol. The van der Waals surface area contributed by atoms with Crippen LogP contribution >= 0.6 is 11.6 Å². The molecule has 0 spiro atoms. The summed E-state index contributed by atoms with van der Waals surface area (Å²) < 4.78 is 2.65. The number of hydrogen-bond acceptors (Lipinski definition) is 0. The first kappa shape index (κ1) is 17.7. The standard InChI is InChI=1S/C21H23ClN.BrH/c22-18-10-8-17-9-11-21(23-12-4-5-13-23)20(19(17)15-18)14-16-6-2-1-3-7-16;/h1-3,6-8,10,15,20H,4-5,9,11-14H2;1H/q+1;/p-1. The molecule has 1 heterocycles. The van der Waals surface area contributed by atoms with Crippen LogP contribution in [0.4, 0.5) is 0 Å². The maximum atomic E-state index is 6.33. The van der Waals surface area contributed by atoms with Gasteiger partial charge in [-0.15, -0.1) is 0 Å². The van der Waals surface area contributed by atoms with Gasteiger partial charge in [0.1, 0.15) is 13.1 Å². The molecule has 1 fully saturated rings. The van der Waals surface area contributed by atoms with E-state index < -0.39 is 0 Å². The van der Waals surface area contributed by atoms with Gasteiger partial charge >= 0.3 is 0 Å². The Bertz CT molecular complexity index is 731. The molecule has 0 bridgehead atoms. The minimum Gasteiger partial charge on any atom is -1.00 e. The molecule has 0 saturated carbocycles. The molecular weight excluding hydrogens is 382 g/mol. The Labute approximate surface area is 160 Å². The van der Waals surface area contributed by atoms with Gasteiger partial charge in [0.05, 0.1) is 5.92 Å². The lowest BCUT2D eigenvalue weighted by Crippen LogP contribution is -3.00. The van der Waals surface area contributed by atoms with Crippen LogP contribution in [0.15, 0.2) is 48.5 Å². The summed E-state index contributed by atoms with van der Waals surface area (Å²) in [6.07, 6.45) is 6.11. The minimum atomic E-state index is 0. The molecule has 0 aromatic heterocycles. The quantitative estimate of drug-likeness (QED) is 0.672. The highest BCUT2D eigenvalue weighted by molar-refractivity contribution is 6.30. The second-order valence-electron chi connectivity index (χ2n) is 6.77. The first-order chi connectivity index (χ1) is 11.3. The van der Waals surface area contributed by atoms with Crippen molar-refractivity contribution in [2.24, 2.45) is 0 Å². The van der Waals surface area contributed by atoms with E-state index in [4.69, 9.17) is 11.6 Å². The van der Waals surface area contributed by atoms with Gasteiger partial charge in [0.25, 0.3) is 0 Å². The van der Waals surface area contributed by atoms with Gasteiger partial charge in [0.15, 0.2) is 5.71 Å². The summed E-state index contributed by atoms with van der Waals surface area (Å²) in [6.45, 7) is 2.47. The molecule has 1 saturated heterocycles. The molecule has 2 aromatic rings. The number of hydrogen-bond donors (Lipinski definition) is 0. The van der Waals surface area contributed by atoms with Crippen LogP contribution in [0.5, 0.6) is 0 Å². The molecule has 2 aliphatic rings. The van der Waals surface area contributed by atoms with Gasteiger partial charge in [0.2, 0.25) is 0 Å². The van der Waals surface area contributed by atoms with Crippen LogP contribution in [-0.4, -0.2) is 23.4 Å². The average molecular weight is 405 g/mol. The highest BCUT2D eigenvalue weighted by Gasteiger charge is 2.33. The van der Waals surface area contributed by atoms with Gasteiger partial charge in [-0.05, 0) is 41.7 Å². The third kappa shape index (κ3) is 3.60. The Hall–Kier alpha value is -1.12. The van der Waals surface area contributed by atoms with E-state index in [2.05, 4.69) is 47.0 Å². The van der Waals surface area contributed by atoms with E-state index in [-0.39, 0.29) is 17.0 Å². The molecule has 1 nitrogen and oxygen atoms in total. The summed E-state index contributed by atoms with van der Waals surface area (Å²) in [5.41, 5.74) is 6.00. The number of fused-ring (bicyclic) bond motifs is 1. The smallest absolute Gasteiger partial charge is 0.160 e. The fourth-order valence-corrected chi connectivity index (χ4v) is 4.38. The summed E-state index contributed by atoms with van der Waals surface area (Å²) in [5, 5.41) is 0.865. The Morgan fingerprint density at radius 3 is 2.46 bits per heavy atom. The average Bonchev–Trinajstić information content (AvgIpc) is 3.10. The Balaban J connectivity index is 0.00000169. The Kier molecular flexibility index (Phi) is 5.78. The molecule has 0 amide bonds. The van der Waals surface area contributed by atoms with Crippen molar-refractivity contribution in [3.63, 3.8) is 0 Å². The maximum absolute atomic E-state index is 6.33. The molecule has 1 unspecified atom stereocenters. The van der Waals surface area contributed by atoms with Gasteiger partial charge in [-0.25, -0.2) is 4.58 Å². The highest BCUT2D eigenvalue weighted by Crippen LogP contribution is 2.34. The van der Waals surface area contributed by atoms with Crippen LogP contribution < -0.4 is 17.0 Å². The van der Waals surface area contributed by atoms with Gasteiger partial charge < -0.3 is 17.0 Å². The summed E-state index contributed by atoms with van der Waals surface area (Å²) in [7, 11) is 0. The van der Waals surface area contributed by atoms with Crippen molar-refractivity contribution in [1.29, 1.82) is 0 Å². The lowest BCUT2D eigenvalue weighted by atomic mass is 9.78. The summed E-state index contributed by atoms with van der Waals surface area (Å²) >= 11 is 6.33. The minimum absolute atomic E-state index is 0. The largest absolute Gasteiger partial charge is 1.00 e. The van der Waals surface area contributed by atoms with Gasteiger partial charge in [-0.3, -0.25) is 0 Å². The molecule has 0 N–H and O–H groups in total. The predicted octanol–water partition coefficient (Wildman–Crippen LogP) is 1.86. The Morgan fingerprint density at radius 1 is 0.958 bits per heavy atom. The third-order valence-corrected chi connectivity index (χ3v) is 5.57. The SMILES string of the molecule is Clc1ccc2c(c1)C(Cc1ccccc1)C(=[N+]1CCCC1)CC2.[Br-]. The molecule has 2 aromatic carbocycles. The van der Waals surface area contributed by atoms with E-state index in [1.807, 2.05) is 6.07 Å². The normalized spacial score (nSPS) is 19.8. The number of benzene rings is 2. The van der Waals surface area contributed by atoms with Crippen molar-refractivity contribution in [1.82, 2.24) is 0 Å². The van der Waals surface area contributed by atoms with Crippen molar-refractivity contribution >= 4 is 17.3 Å². The van der Waals surface area contributed by atoms with Crippen molar-refractivity contribution in [3.05, 3.63) is 70.2 Å². The van der Waals surface area contributed by atoms with Crippen LogP contribution in [0, 0.1) is 0 Å². The number of aryl methyl sites for hydroxylation is 1. The zero-order valence-corrected chi connectivity index (χ0v) is 16.2. The van der Waals surface area contributed by atoms with E-state index in [0.29, 0.717) is 5.92 Å². The van der Waals surface area contributed by atoms with Gasteiger partial charge in [0, 0.05) is 24.3 Å². The zero-order valence-electron chi connectivity index (χ0n) is 13.8. The van der Waals surface area contributed by atoms with E-state index in [0.717, 1.165) is 17.9 Å². The summed E-state index contributed by atoms with van der Waals surface area (Å²) in [5.74, 6) is 0.484. The van der Waals surface area contributed by atoms with Crippen LogP contribution in [0.2, 0.25) is 5.02 Å². The maximum Gasteiger partial charge on any atom is 0.160 e. The zero-order chi connectivity index (χ0) is 15.6. The Morgan fingerprint density at radius 2 is 1.71 bits per heavy atom. The van der Waals surface area contributed by atoms with Crippen LogP contribution in [0.1, 0.15) is 41.9 Å². The molecule has 1 atom stereocenters. The molecule has 126 valence electrons. The third-order valence-electron chi connectivity index (χ3n) is 5.33. The monoisotopic (exact) mass is 403 g/mol. The number of halogens is 2. The topological polar surface area (TPSA) is 3.01 Å². The van der Waals surface area contributed by atoms with Crippen molar-refractivity contribution < 1.29 is 21.6 Å². The summed E-state index contributed by atoms with van der Waals surface area (Å²) in [6, 6.07) is 17.4. The van der Waals surface area contributed by atoms with E-state index >= 15 is 0 Å². The van der Waals surface area contributed by atoms with Gasteiger partial charge in [-0.2, -0.15) is 0 Å². The van der Waals surface area contributed by atoms with E-state index in [9.17, 15) is 0 Å². The van der Waals surface area contributed by atoms with Crippen molar-refractivity contribution in [2.75, 3.05) is 13.1 Å². The fourth-order valence-electron chi connectivity index (χ4n) is 4.19. The molecule has 1 aliphatic heterocycles. The lowest BCUT2D eigenvalue weighted by molar-refractivity contribution is -0.509. The van der Waals surface area contributed by atoms with Crippen LogP contribution in [-0.2, 0) is 12.8 Å².